The van der Waals surface area contributed by atoms with Crippen LogP contribution >= 0.6 is 0 Å². The zero-order chi connectivity index (χ0) is 12.0. The normalized spacial score (nSPS) is 32.6. The molecule has 3 heteroatoms. The van der Waals surface area contributed by atoms with Crippen molar-refractivity contribution in [1.29, 1.82) is 0 Å². The maximum Gasteiger partial charge on any atom is 0.160 e. The van der Waals surface area contributed by atoms with Gasteiger partial charge >= 0.3 is 0 Å². The zero-order valence-electron chi connectivity index (χ0n) is 11.0. The highest BCUT2D eigenvalue weighted by atomic mass is 16.7. The molecule has 0 bridgehead atoms. The molecule has 3 nitrogen and oxygen atoms in total. The maximum absolute atomic E-state index is 6.11. The van der Waals surface area contributed by atoms with E-state index in [1.807, 2.05) is 0 Å². The predicted molar refractivity (Wildman–Crippen MR) is 66.2 cm³/mol. The Labute approximate surface area is 99.7 Å². The molecule has 0 aromatic carbocycles. The Bertz CT molecular complexity index is 188. The molecule has 1 atom stereocenters. The summed E-state index contributed by atoms with van der Waals surface area (Å²) in [5.41, 5.74) is 5.85. The fraction of sp³-hybridized carbons (Fsp3) is 1.00. The first-order chi connectivity index (χ1) is 7.65. The van der Waals surface area contributed by atoms with Crippen molar-refractivity contribution in [3.63, 3.8) is 0 Å². The Morgan fingerprint density at radius 3 is 2.31 bits per heavy atom. The second-order valence-corrected chi connectivity index (χ2v) is 5.02. The van der Waals surface area contributed by atoms with Gasteiger partial charge in [0.15, 0.2) is 6.29 Å². The Balaban J connectivity index is 2.38. The lowest BCUT2D eigenvalue weighted by Crippen LogP contribution is -2.55. The van der Waals surface area contributed by atoms with Crippen molar-refractivity contribution in [2.45, 2.75) is 64.7 Å². The van der Waals surface area contributed by atoms with Gasteiger partial charge in [-0.1, -0.05) is 33.6 Å². The minimum absolute atomic E-state index is 0.0280. The second kappa shape index (κ2) is 6.58. The van der Waals surface area contributed by atoms with E-state index in [0.717, 1.165) is 12.8 Å². The second-order valence-electron chi connectivity index (χ2n) is 5.02. The summed E-state index contributed by atoms with van der Waals surface area (Å²) in [6.07, 6.45) is 5.68. The Morgan fingerprint density at radius 1 is 1.25 bits per heavy atom. The van der Waals surface area contributed by atoms with Crippen LogP contribution in [0.2, 0.25) is 0 Å². The molecule has 1 rings (SSSR count). The highest BCUT2D eigenvalue weighted by Gasteiger charge is 2.34. The number of ether oxygens (including phenoxy) is 2. The van der Waals surface area contributed by atoms with Gasteiger partial charge in [0.1, 0.15) is 0 Å². The van der Waals surface area contributed by atoms with Crippen molar-refractivity contribution >= 4 is 0 Å². The monoisotopic (exact) mass is 229 g/mol. The molecule has 16 heavy (non-hydrogen) atoms. The van der Waals surface area contributed by atoms with Crippen LogP contribution in [0.5, 0.6) is 0 Å². The SMILES string of the molecule is CCCCC(CC)C1OCC(N)(CC)CO1. The van der Waals surface area contributed by atoms with E-state index >= 15 is 0 Å². The summed E-state index contributed by atoms with van der Waals surface area (Å²) in [5, 5.41) is 0. The molecule has 1 aliphatic heterocycles. The molecule has 0 aromatic rings. The fourth-order valence-electron chi connectivity index (χ4n) is 2.06. The summed E-state index contributed by atoms with van der Waals surface area (Å²) >= 11 is 0. The van der Waals surface area contributed by atoms with Crippen molar-refractivity contribution in [1.82, 2.24) is 0 Å². The summed E-state index contributed by atoms with van der Waals surface area (Å²) in [7, 11) is 0. The first-order valence-corrected chi connectivity index (χ1v) is 6.67. The average molecular weight is 229 g/mol. The van der Waals surface area contributed by atoms with E-state index in [1.54, 1.807) is 0 Å². The molecule has 0 spiro atoms. The lowest BCUT2D eigenvalue weighted by Gasteiger charge is -2.39. The molecule has 1 saturated heterocycles. The molecule has 1 fully saturated rings. The minimum Gasteiger partial charge on any atom is -0.350 e. The molecule has 96 valence electrons. The van der Waals surface area contributed by atoms with Crippen molar-refractivity contribution in [2.75, 3.05) is 13.2 Å². The zero-order valence-corrected chi connectivity index (χ0v) is 11.0. The third-order valence-corrected chi connectivity index (χ3v) is 3.61. The first-order valence-electron chi connectivity index (χ1n) is 6.67. The average Bonchev–Trinajstić information content (AvgIpc) is 2.32. The van der Waals surface area contributed by atoms with Gasteiger partial charge in [0.25, 0.3) is 0 Å². The smallest absolute Gasteiger partial charge is 0.160 e. The summed E-state index contributed by atoms with van der Waals surface area (Å²) < 4.78 is 11.6. The van der Waals surface area contributed by atoms with E-state index in [2.05, 4.69) is 20.8 Å². The van der Waals surface area contributed by atoms with E-state index in [0.29, 0.717) is 19.1 Å². The van der Waals surface area contributed by atoms with E-state index in [1.165, 1.54) is 19.3 Å². The van der Waals surface area contributed by atoms with E-state index < -0.39 is 0 Å². The van der Waals surface area contributed by atoms with Crippen LogP contribution in [0.4, 0.5) is 0 Å². The highest BCUT2D eigenvalue weighted by molar-refractivity contribution is 4.85. The van der Waals surface area contributed by atoms with Crippen LogP contribution in [-0.4, -0.2) is 25.0 Å². The highest BCUT2D eigenvalue weighted by Crippen LogP contribution is 2.26. The van der Waals surface area contributed by atoms with Crippen LogP contribution in [0.1, 0.15) is 52.9 Å². The fourth-order valence-corrected chi connectivity index (χ4v) is 2.06. The van der Waals surface area contributed by atoms with Gasteiger partial charge in [0, 0.05) is 5.92 Å². The molecule has 1 heterocycles. The Hall–Kier alpha value is -0.120. The quantitative estimate of drug-likeness (QED) is 0.761. The molecular formula is C13H27NO2. The maximum atomic E-state index is 6.11. The number of hydrogen-bond acceptors (Lipinski definition) is 3. The van der Waals surface area contributed by atoms with Crippen LogP contribution < -0.4 is 5.73 Å². The predicted octanol–water partition coefficient (Wildman–Crippen LogP) is 2.68. The van der Waals surface area contributed by atoms with Crippen molar-refractivity contribution in [3.05, 3.63) is 0 Å². The van der Waals surface area contributed by atoms with Gasteiger partial charge in [0.2, 0.25) is 0 Å². The number of rotatable bonds is 6. The number of hydrogen-bond donors (Lipinski definition) is 1. The third-order valence-electron chi connectivity index (χ3n) is 3.61. The lowest BCUT2D eigenvalue weighted by atomic mass is 9.95. The molecule has 1 unspecified atom stereocenters. The summed E-state index contributed by atoms with van der Waals surface area (Å²) in [6, 6.07) is 0. The van der Waals surface area contributed by atoms with Crippen LogP contribution in [0, 0.1) is 5.92 Å². The molecule has 0 amide bonds. The van der Waals surface area contributed by atoms with Gasteiger partial charge in [0.05, 0.1) is 18.8 Å². The molecule has 2 N–H and O–H groups in total. The van der Waals surface area contributed by atoms with Crippen molar-refractivity contribution in [2.24, 2.45) is 11.7 Å². The number of unbranched alkanes of at least 4 members (excludes halogenated alkanes) is 1. The van der Waals surface area contributed by atoms with Crippen LogP contribution in [0.15, 0.2) is 0 Å². The molecule has 0 saturated carbocycles. The van der Waals surface area contributed by atoms with Crippen molar-refractivity contribution < 1.29 is 9.47 Å². The Morgan fingerprint density at radius 2 is 1.88 bits per heavy atom. The lowest BCUT2D eigenvalue weighted by molar-refractivity contribution is -0.231. The summed E-state index contributed by atoms with van der Waals surface area (Å²) in [5.74, 6) is 0.529. The summed E-state index contributed by atoms with van der Waals surface area (Å²) in [6.45, 7) is 7.78. The van der Waals surface area contributed by atoms with Gasteiger partial charge in [-0.3, -0.25) is 0 Å². The van der Waals surface area contributed by atoms with Gasteiger partial charge in [-0.15, -0.1) is 0 Å². The number of nitrogens with two attached hydrogens (primary N) is 1. The molecule has 0 aromatic heterocycles. The largest absolute Gasteiger partial charge is 0.350 e. The van der Waals surface area contributed by atoms with Gasteiger partial charge in [-0.2, -0.15) is 0 Å². The van der Waals surface area contributed by atoms with E-state index in [-0.39, 0.29) is 11.8 Å². The van der Waals surface area contributed by atoms with E-state index in [9.17, 15) is 0 Å². The Kier molecular flexibility index (Phi) is 5.73. The van der Waals surface area contributed by atoms with Crippen LogP contribution in [0.3, 0.4) is 0 Å². The van der Waals surface area contributed by atoms with Gasteiger partial charge < -0.3 is 15.2 Å². The van der Waals surface area contributed by atoms with Crippen LogP contribution in [-0.2, 0) is 9.47 Å². The van der Waals surface area contributed by atoms with Crippen LogP contribution in [0.25, 0.3) is 0 Å². The molecule has 1 aliphatic rings. The van der Waals surface area contributed by atoms with Gasteiger partial charge in [-0.25, -0.2) is 0 Å². The molecular weight excluding hydrogens is 202 g/mol. The molecule has 0 radical (unpaired) electrons. The third kappa shape index (κ3) is 3.72. The first kappa shape index (κ1) is 13.9. The topological polar surface area (TPSA) is 44.5 Å². The molecule has 0 aliphatic carbocycles. The van der Waals surface area contributed by atoms with Crippen molar-refractivity contribution in [3.8, 4) is 0 Å². The minimum atomic E-state index is -0.264. The van der Waals surface area contributed by atoms with E-state index in [4.69, 9.17) is 15.2 Å². The standard InChI is InChI=1S/C13H27NO2/c1-4-7-8-11(5-2)12-15-9-13(14,6-3)10-16-12/h11-12H,4-10,14H2,1-3H3. The van der Waals surface area contributed by atoms with Gasteiger partial charge in [-0.05, 0) is 19.3 Å². The summed E-state index contributed by atoms with van der Waals surface area (Å²) in [4.78, 5) is 0.